The first kappa shape index (κ1) is 18.2. The van der Waals surface area contributed by atoms with E-state index < -0.39 is 5.97 Å². The molecule has 0 spiro atoms. The van der Waals surface area contributed by atoms with Crippen molar-refractivity contribution in [3.63, 3.8) is 0 Å². The molecule has 1 aromatic heterocycles. The summed E-state index contributed by atoms with van der Waals surface area (Å²) in [5, 5.41) is 11.7. The molecule has 0 saturated heterocycles. The standard InChI is InChI=1S/C23H23N3O2/c1-23(2)20(11-9-17-14-24-15-25(17)3)26(13-12-21(27)28)19-10-8-16-6-4-5-7-18(16)22(19)23/h4-11,14-15H,12-13H2,1-3H3/p+1. The number of aryl methyl sites for hydroxylation is 1. The van der Waals surface area contributed by atoms with Gasteiger partial charge in [0.2, 0.25) is 5.69 Å². The summed E-state index contributed by atoms with van der Waals surface area (Å²) < 4.78 is 4.12. The molecule has 1 aliphatic rings. The lowest BCUT2D eigenvalue weighted by Crippen LogP contribution is -2.28. The first-order chi connectivity index (χ1) is 13.4. The van der Waals surface area contributed by atoms with Crippen LogP contribution in [0.5, 0.6) is 0 Å². The minimum Gasteiger partial charge on any atom is -0.481 e. The number of hydrogen-bond donors (Lipinski definition) is 1. The topological polar surface area (TPSA) is 58.1 Å². The highest BCUT2D eigenvalue weighted by molar-refractivity contribution is 6.09. The van der Waals surface area contributed by atoms with E-state index in [1.165, 1.54) is 16.3 Å². The highest BCUT2D eigenvalue weighted by Gasteiger charge is 2.45. The summed E-state index contributed by atoms with van der Waals surface area (Å²) in [5.41, 5.74) is 4.20. The minimum absolute atomic E-state index is 0.0887. The summed E-state index contributed by atoms with van der Waals surface area (Å²) >= 11 is 0. The number of aromatic nitrogens is 2. The number of hydrogen-bond acceptors (Lipinski definition) is 2. The molecule has 0 unspecified atom stereocenters. The fourth-order valence-corrected chi connectivity index (χ4v) is 4.18. The fourth-order valence-electron chi connectivity index (χ4n) is 4.18. The van der Waals surface area contributed by atoms with Crippen LogP contribution in [0.2, 0.25) is 0 Å². The average Bonchev–Trinajstić information content (AvgIpc) is 3.16. The van der Waals surface area contributed by atoms with Crippen molar-refractivity contribution in [3.8, 4) is 0 Å². The monoisotopic (exact) mass is 374 g/mol. The Morgan fingerprint density at radius 2 is 2.00 bits per heavy atom. The lowest BCUT2D eigenvalue weighted by molar-refractivity contribution is -0.436. The lowest BCUT2D eigenvalue weighted by Gasteiger charge is -2.17. The van der Waals surface area contributed by atoms with Gasteiger partial charge in [-0.3, -0.25) is 4.79 Å². The molecule has 2 aromatic carbocycles. The predicted octanol–water partition coefficient (Wildman–Crippen LogP) is 4.14. The Hall–Kier alpha value is -3.21. The lowest BCUT2D eigenvalue weighted by atomic mass is 9.79. The molecule has 1 aliphatic heterocycles. The summed E-state index contributed by atoms with van der Waals surface area (Å²) in [6.45, 7) is 4.86. The summed E-state index contributed by atoms with van der Waals surface area (Å²) in [4.78, 5) is 15.4. The van der Waals surface area contributed by atoms with E-state index in [1.54, 1.807) is 6.33 Å². The van der Waals surface area contributed by atoms with Gasteiger partial charge in [-0.15, -0.1) is 0 Å². The second-order valence-electron chi connectivity index (χ2n) is 7.75. The van der Waals surface area contributed by atoms with Crippen LogP contribution in [-0.2, 0) is 17.3 Å². The molecular formula is C23H24N3O2+. The number of imidazole rings is 1. The molecule has 0 fully saturated rings. The van der Waals surface area contributed by atoms with Gasteiger partial charge in [0, 0.05) is 24.8 Å². The van der Waals surface area contributed by atoms with Crippen LogP contribution in [0.25, 0.3) is 16.8 Å². The molecule has 5 nitrogen and oxygen atoms in total. The van der Waals surface area contributed by atoms with Crippen LogP contribution in [0.1, 0.15) is 31.5 Å². The fraction of sp³-hybridized carbons (Fsp3) is 0.261. The van der Waals surface area contributed by atoms with Crippen molar-refractivity contribution in [2.75, 3.05) is 6.54 Å². The maximum atomic E-state index is 11.3. The quantitative estimate of drug-likeness (QED) is 0.683. The second-order valence-corrected chi connectivity index (χ2v) is 7.75. The van der Waals surface area contributed by atoms with Gasteiger partial charge in [-0.05, 0) is 36.8 Å². The Balaban J connectivity index is 1.89. The number of carbonyl (C=O) groups is 1. The van der Waals surface area contributed by atoms with Gasteiger partial charge < -0.3 is 9.67 Å². The molecule has 2 heterocycles. The smallest absolute Gasteiger partial charge is 0.309 e. The summed E-state index contributed by atoms with van der Waals surface area (Å²) in [5.74, 6) is -0.790. The summed E-state index contributed by atoms with van der Waals surface area (Å²) in [7, 11) is 1.96. The largest absolute Gasteiger partial charge is 0.481 e. The number of carboxylic acids is 1. The van der Waals surface area contributed by atoms with Crippen LogP contribution in [0.3, 0.4) is 0 Å². The molecule has 3 aromatic rings. The minimum atomic E-state index is -0.790. The summed E-state index contributed by atoms with van der Waals surface area (Å²) in [6, 6.07) is 12.6. The van der Waals surface area contributed by atoms with Crippen LogP contribution in [0, 0.1) is 0 Å². The zero-order valence-electron chi connectivity index (χ0n) is 16.4. The van der Waals surface area contributed by atoms with Crippen LogP contribution >= 0.6 is 0 Å². The van der Waals surface area contributed by atoms with Gasteiger partial charge in [-0.1, -0.05) is 24.3 Å². The van der Waals surface area contributed by atoms with E-state index in [-0.39, 0.29) is 11.8 Å². The van der Waals surface area contributed by atoms with Gasteiger partial charge in [-0.25, -0.2) is 4.98 Å². The van der Waals surface area contributed by atoms with Crippen molar-refractivity contribution < 1.29 is 14.5 Å². The van der Waals surface area contributed by atoms with Crippen molar-refractivity contribution in [2.45, 2.75) is 25.7 Å². The van der Waals surface area contributed by atoms with Gasteiger partial charge in [0.25, 0.3) is 0 Å². The van der Waals surface area contributed by atoms with Crippen LogP contribution in [0.4, 0.5) is 5.69 Å². The Bertz CT molecular complexity index is 1140. The maximum Gasteiger partial charge on any atom is 0.309 e. The van der Waals surface area contributed by atoms with Crippen molar-refractivity contribution in [1.82, 2.24) is 9.55 Å². The van der Waals surface area contributed by atoms with Gasteiger partial charge >= 0.3 is 5.97 Å². The highest BCUT2D eigenvalue weighted by Crippen LogP contribution is 2.44. The molecule has 142 valence electrons. The normalized spacial score (nSPS) is 15.5. The number of carboxylic acid groups (broad SMARTS) is 1. The van der Waals surface area contributed by atoms with Crippen molar-refractivity contribution in [2.24, 2.45) is 7.05 Å². The van der Waals surface area contributed by atoms with Crippen LogP contribution in [-0.4, -0.2) is 37.5 Å². The van der Waals surface area contributed by atoms with Crippen molar-refractivity contribution >= 4 is 34.2 Å². The number of benzene rings is 2. The van der Waals surface area contributed by atoms with Gasteiger partial charge in [-0.2, -0.15) is 4.58 Å². The molecular weight excluding hydrogens is 350 g/mol. The molecule has 5 heteroatoms. The average molecular weight is 374 g/mol. The van der Waals surface area contributed by atoms with Gasteiger partial charge in [0.15, 0.2) is 12.3 Å². The van der Waals surface area contributed by atoms with Gasteiger partial charge in [0.05, 0.1) is 23.6 Å². The molecule has 0 aliphatic carbocycles. The van der Waals surface area contributed by atoms with E-state index in [2.05, 4.69) is 59.8 Å². The molecule has 0 saturated carbocycles. The first-order valence-corrected chi connectivity index (χ1v) is 9.43. The zero-order valence-corrected chi connectivity index (χ0v) is 16.4. The maximum absolute atomic E-state index is 11.3. The number of fused-ring (bicyclic) bond motifs is 3. The number of rotatable bonds is 5. The SMILES string of the molecule is Cn1cncc1/C=C/C1=[N+](CCC(=O)O)c2ccc3ccccc3c2C1(C)C. The Labute approximate surface area is 164 Å². The molecule has 1 N–H and O–H groups in total. The van der Waals surface area contributed by atoms with Crippen LogP contribution < -0.4 is 0 Å². The van der Waals surface area contributed by atoms with Gasteiger partial charge in [0.1, 0.15) is 6.42 Å². The zero-order chi connectivity index (χ0) is 19.9. The second kappa shape index (κ2) is 6.75. The van der Waals surface area contributed by atoms with E-state index in [4.69, 9.17) is 0 Å². The molecule has 0 bridgehead atoms. The van der Waals surface area contributed by atoms with E-state index in [9.17, 15) is 9.90 Å². The van der Waals surface area contributed by atoms with E-state index in [0.717, 1.165) is 17.1 Å². The van der Waals surface area contributed by atoms with E-state index >= 15 is 0 Å². The third-order valence-corrected chi connectivity index (χ3v) is 5.57. The Morgan fingerprint density at radius 3 is 2.71 bits per heavy atom. The number of allylic oxidation sites excluding steroid dienone is 1. The first-order valence-electron chi connectivity index (χ1n) is 9.43. The summed E-state index contributed by atoms with van der Waals surface area (Å²) in [6.07, 6.45) is 7.84. The Morgan fingerprint density at radius 1 is 1.21 bits per heavy atom. The third-order valence-electron chi connectivity index (χ3n) is 5.57. The number of nitrogens with zero attached hydrogens (tertiary/aromatic N) is 3. The highest BCUT2D eigenvalue weighted by atomic mass is 16.4. The van der Waals surface area contributed by atoms with Crippen molar-refractivity contribution in [1.29, 1.82) is 0 Å². The van der Waals surface area contributed by atoms with E-state index in [1.807, 2.05) is 30.0 Å². The molecule has 0 atom stereocenters. The van der Waals surface area contributed by atoms with E-state index in [0.29, 0.717) is 6.54 Å². The molecule has 28 heavy (non-hydrogen) atoms. The predicted molar refractivity (Wildman–Crippen MR) is 111 cm³/mol. The van der Waals surface area contributed by atoms with Crippen LogP contribution in [0.15, 0.2) is 55.0 Å². The third kappa shape index (κ3) is 2.93. The molecule has 0 radical (unpaired) electrons. The van der Waals surface area contributed by atoms with Crippen molar-refractivity contribution in [3.05, 3.63) is 66.3 Å². The Kier molecular flexibility index (Phi) is 4.38. The number of aliphatic carboxylic acids is 1. The molecule has 4 rings (SSSR count). The molecule has 0 amide bonds.